The molecule has 1 aliphatic rings. The Kier molecular flexibility index (Phi) is 5.12. The fraction of sp³-hybridized carbons (Fsp3) is 1.00. The van der Waals surface area contributed by atoms with E-state index in [9.17, 15) is 0 Å². The van der Waals surface area contributed by atoms with Crippen molar-refractivity contribution in [1.29, 1.82) is 0 Å². The Labute approximate surface area is 120 Å². The molecule has 0 spiro atoms. The van der Waals surface area contributed by atoms with Crippen molar-refractivity contribution in [1.82, 2.24) is 0 Å². The van der Waals surface area contributed by atoms with Crippen LogP contribution in [-0.2, 0) is 0 Å². The minimum atomic E-state index is -0.738. The van der Waals surface area contributed by atoms with Crippen LogP contribution in [0.3, 0.4) is 0 Å². The quantitative estimate of drug-likeness (QED) is 0.351. The molecule has 0 radical (unpaired) electrons. The Bertz CT molecular complexity index is 314. The number of rotatable bonds is 0. The van der Waals surface area contributed by atoms with Crippen LogP contribution in [0.1, 0.15) is 41.5 Å². The van der Waals surface area contributed by atoms with Crippen LogP contribution in [0.5, 0.6) is 0 Å². The molecule has 1 rings (SSSR count). The van der Waals surface area contributed by atoms with Crippen LogP contribution in [0.15, 0.2) is 0 Å². The third kappa shape index (κ3) is 3.28. The molecular weight excluding hydrogens is 486 g/mol. The third-order valence-electron chi connectivity index (χ3n) is 2.69. The minimum absolute atomic E-state index is 0.547. The standard InChI is InChI=1S/C9H20P2Se4/c1-8(2,3)10(12)7-11(13,15-14-10)9(4,5)6/h7H2,1-6H3/t10-,11-/m1/s1. The van der Waals surface area contributed by atoms with Crippen LogP contribution in [0.25, 0.3) is 0 Å². The predicted molar refractivity (Wildman–Crippen MR) is 81.2 cm³/mol. The van der Waals surface area contributed by atoms with E-state index in [1.807, 2.05) is 0 Å². The molecule has 1 fully saturated rings. The van der Waals surface area contributed by atoms with Gasteiger partial charge in [-0.05, 0) is 0 Å². The van der Waals surface area contributed by atoms with Crippen molar-refractivity contribution in [2.24, 2.45) is 0 Å². The Morgan fingerprint density at radius 3 is 1.20 bits per heavy atom. The molecule has 0 aromatic rings. The van der Waals surface area contributed by atoms with E-state index in [0.717, 1.165) is 25.4 Å². The fourth-order valence-corrected chi connectivity index (χ4v) is 116. The Balaban J connectivity index is 3.04. The number of hydrogen-bond donors (Lipinski definition) is 0. The topological polar surface area (TPSA) is 0 Å². The van der Waals surface area contributed by atoms with Gasteiger partial charge in [-0.3, -0.25) is 0 Å². The van der Waals surface area contributed by atoms with E-state index in [2.05, 4.69) is 71.7 Å². The second-order valence-corrected chi connectivity index (χ2v) is 47.1. The van der Waals surface area contributed by atoms with Gasteiger partial charge >= 0.3 is 122 Å². The van der Waals surface area contributed by atoms with Gasteiger partial charge in [0.05, 0.1) is 0 Å². The summed E-state index contributed by atoms with van der Waals surface area (Å²) in [6.07, 6.45) is 0. The molecule has 0 nitrogen and oxygen atoms in total. The molecule has 0 aromatic heterocycles. The van der Waals surface area contributed by atoms with Crippen LogP contribution >= 0.6 is 8.40 Å². The van der Waals surface area contributed by atoms with Crippen molar-refractivity contribution in [3.05, 3.63) is 0 Å². The zero-order valence-electron chi connectivity index (χ0n) is 10.2. The number of hydrogen-bond acceptors (Lipinski definition) is 0. The summed E-state index contributed by atoms with van der Waals surface area (Å²) in [4.78, 5) is 0. The summed E-state index contributed by atoms with van der Waals surface area (Å²) in [7, 11) is 0. The Morgan fingerprint density at radius 2 is 1.07 bits per heavy atom. The molecule has 90 valence electrons. The summed E-state index contributed by atoms with van der Waals surface area (Å²) in [5.41, 5.74) is 0. The first-order valence-corrected chi connectivity index (χ1v) is 22.1. The predicted octanol–water partition coefficient (Wildman–Crippen LogP) is 2.91. The monoisotopic (exact) mass is 510 g/mol. The second-order valence-electron chi connectivity index (χ2n) is 5.98. The van der Waals surface area contributed by atoms with E-state index in [4.69, 9.17) is 0 Å². The summed E-state index contributed by atoms with van der Waals surface area (Å²) < 4.78 is -1.48. The Morgan fingerprint density at radius 1 is 0.800 bits per heavy atom. The maximum absolute atomic E-state index is 3.68. The van der Waals surface area contributed by atoms with E-state index in [-0.39, 0.29) is 0 Å². The summed E-state index contributed by atoms with van der Waals surface area (Å²) >= 11 is 9.23. The van der Waals surface area contributed by atoms with Gasteiger partial charge in [0, 0.05) is 0 Å². The molecule has 1 heterocycles. The normalized spacial score (nSPS) is 38.3. The van der Waals surface area contributed by atoms with Gasteiger partial charge in [-0.25, -0.2) is 0 Å². The molecule has 1 saturated heterocycles. The van der Waals surface area contributed by atoms with Gasteiger partial charge in [-0.2, -0.15) is 0 Å². The van der Waals surface area contributed by atoms with Crippen molar-refractivity contribution in [3.63, 3.8) is 0 Å². The molecule has 0 N–H and O–H groups in total. The van der Waals surface area contributed by atoms with Gasteiger partial charge in [0.1, 0.15) is 0 Å². The van der Waals surface area contributed by atoms with Gasteiger partial charge in [0.2, 0.25) is 0 Å². The van der Waals surface area contributed by atoms with E-state index < -0.39 is 8.40 Å². The molecule has 0 unspecified atom stereocenters. The molecule has 2 atom stereocenters. The molecule has 6 heteroatoms. The first kappa shape index (κ1) is 16.0. The third-order valence-corrected chi connectivity index (χ3v) is 80.3. The fourth-order valence-electron chi connectivity index (χ4n) is 1.05. The van der Waals surface area contributed by atoms with Crippen LogP contribution in [0.2, 0.25) is 0 Å². The maximum atomic E-state index is 3.68. The molecule has 15 heavy (non-hydrogen) atoms. The van der Waals surface area contributed by atoms with Gasteiger partial charge in [-0.15, -0.1) is 0 Å². The molecule has 0 aromatic carbocycles. The van der Waals surface area contributed by atoms with Crippen molar-refractivity contribution >= 4 is 64.0 Å². The van der Waals surface area contributed by atoms with Gasteiger partial charge in [0.15, 0.2) is 0 Å². The van der Waals surface area contributed by atoms with Crippen LogP contribution in [-0.4, -0.2) is 71.8 Å². The molecule has 1 aliphatic heterocycles. The van der Waals surface area contributed by atoms with Crippen LogP contribution in [0, 0.1) is 0 Å². The zero-order valence-corrected chi connectivity index (χ0v) is 18.9. The summed E-state index contributed by atoms with van der Waals surface area (Å²) in [6, 6.07) is 0. The molecule has 0 aliphatic carbocycles. The summed E-state index contributed by atoms with van der Waals surface area (Å²) in [6.45, 7) is 14.7. The van der Waals surface area contributed by atoms with Crippen LogP contribution in [0.4, 0.5) is 0 Å². The van der Waals surface area contributed by atoms with E-state index in [1.54, 1.807) is 5.90 Å². The molecule has 0 amide bonds. The van der Waals surface area contributed by atoms with Crippen molar-refractivity contribution in [3.8, 4) is 0 Å². The van der Waals surface area contributed by atoms with E-state index >= 15 is 0 Å². The van der Waals surface area contributed by atoms with Crippen LogP contribution < -0.4 is 0 Å². The molecular formula is C9H20P2Se4. The second kappa shape index (κ2) is 4.80. The summed E-state index contributed by atoms with van der Waals surface area (Å²) in [5.74, 6) is 1.55. The van der Waals surface area contributed by atoms with Gasteiger partial charge in [0.25, 0.3) is 0 Å². The SMILES string of the molecule is CC(C)(C)[P@@]1(=[Se])C[P@](=[Se])(C(C)(C)C)[Se][Se]1. The first-order chi connectivity index (χ1) is 6.41. The zero-order chi connectivity index (χ0) is 12.1. The van der Waals surface area contributed by atoms with E-state index in [0.29, 0.717) is 10.3 Å². The van der Waals surface area contributed by atoms with Crippen molar-refractivity contribution in [2.75, 3.05) is 5.90 Å². The average molecular weight is 506 g/mol. The van der Waals surface area contributed by atoms with Gasteiger partial charge in [-0.1, -0.05) is 0 Å². The first-order valence-electron chi connectivity index (χ1n) is 4.98. The Hall–Kier alpha value is 2.94. The van der Waals surface area contributed by atoms with Crippen molar-refractivity contribution < 1.29 is 0 Å². The molecule has 0 saturated carbocycles. The van der Waals surface area contributed by atoms with E-state index in [1.165, 1.54) is 0 Å². The average Bonchev–Trinajstić information content (AvgIpc) is 2.26. The van der Waals surface area contributed by atoms with Gasteiger partial charge < -0.3 is 0 Å². The van der Waals surface area contributed by atoms with Crippen molar-refractivity contribution in [2.45, 2.75) is 51.9 Å². The molecule has 0 bridgehead atoms. The summed E-state index contributed by atoms with van der Waals surface area (Å²) in [5, 5.41) is 1.09.